The Morgan fingerprint density at radius 1 is 1.21 bits per heavy atom. The molecule has 0 aliphatic heterocycles. The lowest BCUT2D eigenvalue weighted by molar-refractivity contribution is -0.385. The van der Waals surface area contributed by atoms with Crippen molar-refractivity contribution in [2.24, 2.45) is 5.41 Å². The highest BCUT2D eigenvalue weighted by atomic mass is 32.2. The Balaban J connectivity index is 2.87. The van der Waals surface area contributed by atoms with Crippen molar-refractivity contribution in [3.63, 3.8) is 0 Å². The maximum Gasteiger partial charge on any atom is 0.274 e. The minimum absolute atomic E-state index is 0.0589. The van der Waals surface area contributed by atoms with Crippen molar-refractivity contribution >= 4 is 27.3 Å². The van der Waals surface area contributed by atoms with Gasteiger partial charge in [-0.2, -0.15) is 0 Å². The van der Waals surface area contributed by atoms with Crippen LogP contribution in [0.3, 0.4) is 0 Å². The van der Waals surface area contributed by atoms with Gasteiger partial charge in [0, 0.05) is 24.6 Å². The first-order valence-corrected chi connectivity index (χ1v) is 11.4. The molecule has 164 valence electrons. The lowest BCUT2D eigenvalue weighted by Crippen LogP contribution is -2.46. The molecule has 0 spiro atoms. The Labute approximate surface area is 173 Å². The van der Waals surface area contributed by atoms with Crippen molar-refractivity contribution in [3.05, 3.63) is 33.9 Å². The molecular formula is C20H33N3O5S. The Hall–Kier alpha value is -2.16. The number of nitro groups is 1. The first-order valence-electron chi connectivity index (χ1n) is 9.56. The molecule has 0 aliphatic carbocycles. The minimum atomic E-state index is -3.66. The molecule has 0 unspecified atom stereocenters. The Bertz CT molecular complexity index is 857. The third-order valence-corrected chi connectivity index (χ3v) is 5.54. The maximum atomic E-state index is 12.4. The number of carbonyl (C=O) groups is 1. The van der Waals surface area contributed by atoms with Gasteiger partial charge in [-0.3, -0.25) is 19.2 Å². The van der Waals surface area contributed by atoms with Crippen LogP contribution < -0.4 is 9.62 Å². The van der Waals surface area contributed by atoms with Crippen LogP contribution in [-0.2, 0) is 14.8 Å². The predicted octanol–water partition coefficient (Wildman–Crippen LogP) is 3.78. The van der Waals surface area contributed by atoms with Crippen molar-refractivity contribution in [1.82, 2.24) is 5.32 Å². The lowest BCUT2D eigenvalue weighted by Gasteiger charge is -2.33. The first kappa shape index (κ1) is 24.9. The fourth-order valence-corrected chi connectivity index (χ4v) is 4.75. The second-order valence-electron chi connectivity index (χ2n) is 9.29. The number of nitrogens with zero attached hydrogens (tertiary/aromatic N) is 2. The highest BCUT2D eigenvalue weighted by Gasteiger charge is 2.27. The van der Waals surface area contributed by atoms with Gasteiger partial charge in [-0.25, -0.2) is 8.42 Å². The molecule has 0 saturated carbocycles. The average molecular weight is 428 g/mol. The number of carbonyl (C=O) groups excluding carboxylic acids is 1. The summed E-state index contributed by atoms with van der Waals surface area (Å²) in [4.78, 5) is 23.0. The normalized spacial score (nSPS) is 12.5. The number of nitrogens with one attached hydrogen (secondary N) is 1. The zero-order valence-corrected chi connectivity index (χ0v) is 19.2. The van der Waals surface area contributed by atoms with E-state index in [1.807, 2.05) is 13.8 Å². The van der Waals surface area contributed by atoms with Gasteiger partial charge in [0.2, 0.25) is 15.9 Å². The fourth-order valence-electron chi connectivity index (χ4n) is 3.74. The molecule has 0 atom stereocenters. The lowest BCUT2D eigenvalue weighted by atomic mass is 9.82. The van der Waals surface area contributed by atoms with Crippen LogP contribution in [0.25, 0.3) is 0 Å². The number of amides is 1. The van der Waals surface area contributed by atoms with Crippen LogP contribution in [0.1, 0.15) is 59.4 Å². The van der Waals surface area contributed by atoms with Crippen molar-refractivity contribution in [1.29, 1.82) is 0 Å². The summed E-state index contributed by atoms with van der Waals surface area (Å²) in [5.41, 5.74) is 0.0815. The average Bonchev–Trinajstić information content (AvgIpc) is 2.47. The summed E-state index contributed by atoms with van der Waals surface area (Å²) in [6, 6.07) is 4.33. The van der Waals surface area contributed by atoms with Crippen LogP contribution in [-0.4, -0.2) is 37.6 Å². The van der Waals surface area contributed by atoms with Gasteiger partial charge in [0.25, 0.3) is 5.69 Å². The van der Waals surface area contributed by atoms with Crippen LogP contribution >= 0.6 is 0 Å². The highest BCUT2D eigenvalue weighted by molar-refractivity contribution is 7.92. The monoisotopic (exact) mass is 427 g/mol. The van der Waals surface area contributed by atoms with Gasteiger partial charge < -0.3 is 5.32 Å². The number of nitro benzene ring substituents is 1. The van der Waals surface area contributed by atoms with Gasteiger partial charge in [0.05, 0.1) is 22.4 Å². The number of benzene rings is 1. The topological polar surface area (TPSA) is 110 Å². The van der Waals surface area contributed by atoms with E-state index in [2.05, 4.69) is 26.1 Å². The third kappa shape index (κ3) is 8.00. The summed E-state index contributed by atoms with van der Waals surface area (Å²) in [7, 11) is -3.66. The summed E-state index contributed by atoms with van der Waals surface area (Å²) < 4.78 is 25.7. The van der Waals surface area contributed by atoms with E-state index in [1.165, 1.54) is 25.1 Å². The van der Waals surface area contributed by atoms with E-state index >= 15 is 0 Å². The maximum absolute atomic E-state index is 12.4. The summed E-state index contributed by atoms with van der Waals surface area (Å²) >= 11 is 0. The quantitative estimate of drug-likeness (QED) is 0.476. The number of hydrogen-bond donors (Lipinski definition) is 1. The molecule has 0 aromatic heterocycles. The number of rotatable bonds is 9. The van der Waals surface area contributed by atoms with Crippen molar-refractivity contribution in [3.8, 4) is 0 Å². The zero-order chi connectivity index (χ0) is 22.6. The number of sulfonamides is 1. The van der Waals surface area contributed by atoms with Gasteiger partial charge in [0.1, 0.15) is 0 Å². The van der Waals surface area contributed by atoms with Gasteiger partial charge in [0.15, 0.2) is 0 Å². The Kier molecular flexibility index (Phi) is 7.81. The van der Waals surface area contributed by atoms with Gasteiger partial charge >= 0.3 is 0 Å². The molecule has 0 saturated heterocycles. The number of anilines is 1. The molecule has 1 amide bonds. The molecule has 0 aliphatic rings. The van der Waals surface area contributed by atoms with E-state index in [9.17, 15) is 23.3 Å². The summed E-state index contributed by atoms with van der Waals surface area (Å²) in [6.07, 6.45) is 2.31. The second-order valence-corrected chi connectivity index (χ2v) is 11.2. The molecule has 8 nitrogen and oxygen atoms in total. The molecule has 0 bridgehead atoms. The summed E-state index contributed by atoms with van der Waals surface area (Å²) in [5.74, 6) is -0.150. The molecule has 0 heterocycles. The molecule has 1 rings (SSSR count). The SMILES string of the molecule is Cc1c(N(CCCC(=O)NC(C)(C)CC(C)(C)C)S(C)(=O)=O)cccc1[N+](=O)[O-]. The summed E-state index contributed by atoms with van der Waals surface area (Å²) in [5, 5.41) is 14.2. The largest absolute Gasteiger partial charge is 0.351 e. The van der Waals surface area contributed by atoms with E-state index < -0.39 is 14.9 Å². The van der Waals surface area contributed by atoms with Crippen molar-refractivity contribution in [2.75, 3.05) is 17.1 Å². The first-order chi connectivity index (χ1) is 13.0. The summed E-state index contributed by atoms with van der Waals surface area (Å²) in [6.45, 7) is 11.8. The van der Waals surface area contributed by atoms with Crippen molar-refractivity contribution < 1.29 is 18.1 Å². The molecule has 0 radical (unpaired) electrons. The molecule has 9 heteroatoms. The number of hydrogen-bond acceptors (Lipinski definition) is 5. The van der Waals surface area contributed by atoms with Crippen LogP contribution in [0.15, 0.2) is 18.2 Å². The van der Waals surface area contributed by atoms with E-state index in [-0.39, 0.29) is 46.8 Å². The molecule has 1 aromatic carbocycles. The fraction of sp³-hybridized carbons (Fsp3) is 0.650. The van der Waals surface area contributed by atoms with E-state index in [0.717, 1.165) is 17.0 Å². The molecular weight excluding hydrogens is 394 g/mol. The van der Waals surface area contributed by atoms with Gasteiger partial charge in [-0.15, -0.1) is 0 Å². The highest BCUT2D eigenvalue weighted by Crippen LogP contribution is 2.30. The van der Waals surface area contributed by atoms with Crippen LogP contribution in [0.4, 0.5) is 11.4 Å². The molecule has 0 fully saturated rings. The predicted molar refractivity (Wildman–Crippen MR) is 116 cm³/mol. The Morgan fingerprint density at radius 3 is 2.28 bits per heavy atom. The van der Waals surface area contributed by atoms with Gasteiger partial charge in [-0.1, -0.05) is 26.8 Å². The standard InChI is InChI=1S/C20H33N3O5S/c1-15-16(10-8-11-17(15)23(25)26)22(29(7,27)28)13-9-12-18(24)21-20(5,6)14-19(2,3)4/h8,10-11H,9,12-14H2,1-7H3,(H,21,24). The van der Waals surface area contributed by atoms with Crippen LogP contribution in [0, 0.1) is 22.5 Å². The zero-order valence-electron chi connectivity index (χ0n) is 18.4. The molecule has 1 aromatic rings. The van der Waals surface area contributed by atoms with Gasteiger partial charge in [-0.05, 0) is 45.1 Å². The van der Waals surface area contributed by atoms with Crippen LogP contribution in [0.5, 0.6) is 0 Å². The molecule has 29 heavy (non-hydrogen) atoms. The van der Waals surface area contributed by atoms with Crippen LogP contribution in [0.2, 0.25) is 0 Å². The minimum Gasteiger partial charge on any atom is -0.351 e. The van der Waals surface area contributed by atoms with E-state index in [1.54, 1.807) is 0 Å². The van der Waals surface area contributed by atoms with E-state index in [4.69, 9.17) is 0 Å². The van der Waals surface area contributed by atoms with E-state index in [0.29, 0.717) is 6.42 Å². The smallest absolute Gasteiger partial charge is 0.274 e. The van der Waals surface area contributed by atoms with Crippen molar-refractivity contribution in [2.45, 2.75) is 66.3 Å². The second kappa shape index (κ2) is 9.11. The third-order valence-electron chi connectivity index (χ3n) is 4.36. The Morgan fingerprint density at radius 2 is 1.79 bits per heavy atom. The molecule has 1 N–H and O–H groups in total.